The zero-order valence-electron chi connectivity index (χ0n) is 15.3. The van der Waals surface area contributed by atoms with Gasteiger partial charge in [0.05, 0.1) is 0 Å². The standard InChI is InChI=1S/C23H27N3/c1-2-6-18(7-3-1)16-26-11-10-19-13-23(26,14-19)17-25-22-12-20-8-4-5-9-21(20)15-24-22/h1-3,5-7,9,12,15,19H,4,8,10-11,13-14,16-17H2,(H,24,25). The Kier molecular flexibility index (Phi) is 4.05. The molecule has 3 fully saturated rings. The van der Waals surface area contributed by atoms with E-state index in [4.69, 9.17) is 0 Å². The largest absolute Gasteiger partial charge is 0.368 e. The molecule has 6 rings (SSSR count). The first kappa shape index (κ1) is 16.1. The third-order valence-electron chi connectivity index (χ3n) is 6.53. The van der Waals surface area contributed by atoms with Gasteiger partial charge in [-0.1, -0.05) is 42.5 Å². The van der Waals surface area contributed by atoms with Crippen molar-refractivity contribution in [3.05, 3.63) is 65.4 Å². The van der Waals surface area contributed by atoms with Crippen LogP contribution in [0.5, 0.6) is 0 Å². The highest BCUT2D eigenvalue weighted by Crippen LogP contribution is 2.49. The van der Waals surface area contributed by atoms with Crippen LogP contribution in [0.2, 0.25) is 0 Å². The molecule has 0 amide bonds. The van der Waals surface area contributed by atoms with Crippen LogP contribution in [0.25, 0.3) is 6.08 Å². The molecule has 3 nitrogen and oxygen atoms in total. The van der Waals surface area contributed by atoms with Gasteiger partial charge in [0.2, 0.25) is 0 Å². The van der Waals surface area contributed by atoms with Gasteiger partial charge < -0.3 is 5.32 Å². The number of aromatic nitrogens is 1. The van der Waals surface area contributed by atoms with Crippen molar-refractivity contribution in [2.45, 2.75) is 44.2 Å². The summed E-state index contributed by atoms with van der Waals surface area (Å²) in [5.41, 5.74) is 4.46. The Morgan fingerprint density at radius 3 is 2.96 bits per heavy atom. The summed E-state index contributed by atoms with van der Waals surface area (Å²) in [5, 5.41) is 3.68. The number of piperidine rings is 2. The summed E-state index contributed by atoms with van der Waals surface area (Å²) in [6.45, 7) is 3.30. The van der Waals surface area contributed by atoms with Gasteiger partial charge in [0, 0.05) is 24.8 Å². The van der Waals surface area contributed by atoms with Gasteiger partial charge in [-0.05, 0) is 67.3 Å². The topological polar surface area (TPSA) is 28.2 Å². The minimum atomic E-state index is 0.316. The zero-order chi connectivity index (χ0) is 17.4. The van der Waals surface area contributed by atoms with Crippen molar-refractivity contribution in [2.24, 2.45) is 5.92 Å². The van der Waals surface area contributed by atoms with E-state index in [1.807, 2.05) is 6.20 Å². The number of benzene rings is 1. The number of hydrogen-bond acceptors (Lipinski definition) is 3. The average molecular weight is 345 g/mol. The predicted molar refractivity (Wildman–Crippen MR) is 107 cm³/mol. The second-order valence-electron chi connectivity index (χ2n) is 8.26. The lowest BCUT2D eigenvalue weighted by atomic mass is 9.62. The summed E-state index contributed by atoms with van der Waals surface area (Å²) >= 11 is 0. The predicted octanol–water partition coefficient (Wildman–Crippen LogP) is 4.51. The van der Waals surface area contributed by atoms with Gasteiger partial charge in [-0.25, -0.2) is 4.98 Å². The van der Waals surface area contributed by atoms with E-state index in [-0.39, 0.29) is 0 Å². The van der Waals surface area contributed by atoms with Gasteiger partial charge in [-0.15, -0.1) is 0 Å². The smallest absolute Gasteiger partial charge is 0.126 e. The second-order valence-corrected chi connectivity index (χ2v) is 8.26. The van der Waals surface area contributed by atoms with Crippen molar-refractivity contribution in [3.8, 4) is 0 Å². The second kappa shape index (κ2) is 6.55. The van der Waals surface area contributed by atoms with Crippen LogP contribution in [-0.2, 0) is 13.0 Å². The van der Waals surface area contributed by atoms with Crippen molar-refractivity contribution >= 4 is 11.9 Å². The lowest BCUT2D eigenvalue weighted by Crippen LogP contribution is -2.65. The van der Waals surface area contributed by atoms with Crippen LogP contribution in [0.1, 0.15) is 42.4 Å². The highest BCUT2D eigenvalue weighted by Gasteiger charge is 2.51. The highest BCUT2D eigenvalue weighted by molar-refractivity contribution is 5.58. The molecule has 0 unspecified atom stereocenters. The van der Waals surface area contributed by atoms with Gasteiger partial charge in [-0.2, -0.15) is 0 Å². The summed E-state index contributed by atoms with van der Waals surface area (Å²) < 4.78 is 0. The van der Waals surface area contributed by atoms with Crippen LogP contribution in [0.3, 0.4) is 0 Å². The van der Waals surface area contributed by atoms with Gasteiger partial charge in [0.1, 0.15) is 5.82 Å². The molecule has 2 saturated heterocycles. The van der Waals surface area contributed by atoms with E-state index < -0.39 is 0 Å². The van der Waals surface area contributed by atoms with Crippen LogP contribution in [0.15, 0.2) is 48.7 Å². The Hall–Kier alpha value is -2.13. The van der Waals surface area contributed by atoms with E-state index in [0.717, 1.165) is 37.7 Å². The maximum atomic E-state index is 4.65. The number of hydrogen-bond donors (Lipinski definition) is 1. The van der Waals surface area contributed by atoms with Crippen LogP contribution < -0.4 is 5.32 Å². The third-order valence-corrected chi connectivity index (χ3v) is 6.53. The Balaban J connectivity index is 1.29. The Labute approximate surface area is 156 Å². The quantitative estimate of drug-likeness (QED) is 0.864. The SMILES string of the molecule is C1=Cc2cnc(NCC34CC(CCN3Cc3ccccc3)C4)cc2CC1. The van der Waals surface area contributed by atoms with Gasteiger partial charge >= 0.3 is 0 Å². The lowest BCUT2D eigenvalue weighted by molar-refractivity contribution is -0.0734. The molecule has 2 aromatic rings. The van der Waals surface area contributed by atoms with Crippen LogP contribution in [-0.4, -0.2) is 28.5 Å². The van der Waals surface area contributed by atoms with E-state index in [1.54, 1.807) is 0 Å². The molecule has 2 aliphatic heterocycles. The van der Waals surface area contributed by atoms with Gasteiger partial charge in [-0.3, -0.25) is 4.90 Å². The number of pyridine rings is 1. The fourth-order valence-electron chi connectivity index (χ4n) is 5.03. The Bertz CT molecular complexity index is 805. The molecule has 3 heteroatoms. The molecule has 134 valence electrons. The third kappa shape index (κ3) is 2.95. The van der Waals surface area contributed by atoms with E-state index in [9.17, 15) is 0 Å². The molecule has 4 aliphatic rings. The van der Waals surface area contributed by atoms with Crippen molar-refractivity contribution in [1.29, 1.82) is 0 Å². The number of nitrogens with one attached hydrogen (secondary N) is 1. The fourth-order valence-corrected chi connectivity index (χ4v) is 5.03. The zero-order valence-corrected chi connectivity index (χ0v) is 15.3. The minimum absolute atomic E-state index is 0.316. The fraction of sp³-hybridized carbons (Fsp3) is 0.435. The Morgan fingerprint density at radius 2 is 2.08 bits per heavy atom. The first-order chi connectivity index (χ1) is 12.8. The summed E-state index contributed by atoms with van der Waals surface area (Å²) in [5.74, 6) is 1.98. The van der Waals surface area contributed by atoms with Crippen molar-refractivity contribution in [1.82, 2.24) is 9.88 Å². The molecule has 0 atom stereocenters. The number of fused-ring (bicyclic) bond motifs is 3. The van der Waals surface area contributed by atoms with Crippen LogP contribution in [0, 0.1) is 5.92 Å². The van der Waals surface area contributed by atoms with Crippen LogP contribution in [0.4, 0.5) is 5.82 Å². The van der Waals surface area contributed by atoms with E-state index in [0.29, 0.717) is 5.54 Å². The molecule has 3 heterocycles. The van der Waals surface area contributed by atoms with E-state index in [1.165, 1.54) is 42.5 Å². The Morgan fingerprint density at radius 1 is 1.19 bits per heavy atom. The van der Waals surface area contributed by atoms with Crippen LogP contribution >= 0.6 is 0 Å². The molecule has 1 aromatic carbocycles. The maximum Gasteiger partial charge on any atom is 0.126 e. The molecule has 1 aromatic heterocycles. The maximum absolute atomic E-state index is 4.65. The molecule has 0 radical (unpaired) electrons. The monoisotopic (exact) mass is 345 g/mol. The molecule has 26 heavy (non-hydrogen) atoms. The normalized spacial score (nSPS) is 26.8. The number of rotatable bonds is 5. The number of aryl methyl sites for hydroxylation is 1. The van der Waals surface area contributed by atoms with Gasteiger partial charge in [0.15, 0.2) is 0 Å². The number of anilines is 1. The number of allylic oxidation sites excluding steroid dienone is 1. The molecular formula is C23H27N3. The van der Waals surface area contributed by atoms with E-state index in [2.05, 4.69) is 63.8 Å². The van der Waals surface area contributed by atoms with E-state index >= 15 is 0 Å². The summed E-state index contributed by atoms with van der Waals surface area (Å²) in [4.78, 5) is 7.37. The first-order valence-corrected chi connectivity index (χ1v) is 9.99. The van der Waals surface area contributed by atoms with Crippen molar-refractivity contribution in [3.63, 3.8) is 0 Å². The van der Waals surface area contributed by atoms with Crippen molar-refractivity contribution in [2.75, 3.05) is 18.4 Å². The highest BCUT2D eigenvalue weighted by atomic mass is 15.3. The summed E-state index contributed by atoms with van der Waals surface area (Å²) in [7, 11) is 0. The minimum Gasteiger partial charge on any atom is -0.368 e. The lowest BCUT2D eigenvalue weighted by Gasteiger charge is -2.59. The molecule has 1 N–H and O–H groups in total. The molecule has 1 saturated carbocycles. The van der Waals surface area contributed by atoms with Gasteiger partial charge in [0.25, 0.3) is 0 Å². The first-order valence-electron chi connectivity index (χ1n) is 9.99. The molecule has 0 spiro atoms. The summed E-state index contributed by atoms with van der Waals surface area (Å²) in [6.07, 6.45) is 12.8. The molecule has 2 aliphatic carbocycles. The van der Waals surface area contributed by atoms with Crippen molar-refractivity contribution < 1.29 is 0 Å². The summed E-state index contributed by atoms with van der Waals surface area (Å²) in [6, 6.07) is 13.2. The average Bonchev–Trinajstić information content (AvgIpc) is 2.67. The molecule has 2 bridgehead atoms. The number of nitrogens with zero attached hydrogens (tertiary/aromatic N) is 2. The molecular weight excluding hydrogens is 318 g/mol.